The number of ether oxygens (including phenoxy) is 3. The first-order valence-electron chi connectivity index (χ1n) is 14.0. The summed E-state index contributed by atoms with van der Waals surface area (Å²) >= 11 is 0. The second-order valence-electron chi connectivity index (χ2n) is 10.3. The molecule has 202 valence electrons. The molecule has 37 heavy (non-hydrogen) atoms. The van der Waals surface area contributed by atoms with Crippen LogP contribution in [0.4, 0.5) is 4.79 Å². The summed E-state index contributed by atoms with van der Waals surface area (Å²) in [6.07, 6.45) is 5.56. The zero-order chi connectivity index (χ0) is 25.8. The molecule has 5 rings (SSSR count). The van der Waals surface area contributed by atoms with E-state index in [0.717, 1.165) is 61.3 Å². The molecule has 9 nitrogen and oxygen atoms in total. The molecule has 0 spiro atoms. The van der Waals surface area contributed by atoms with Crippen LogP contribution in [0, 0.1) is 11.8 Å². The number of hydrogen-bond donors (Lipinski definition) is 0. The van der Waals surface area contributed by atoms with Crippen LogP contribution < -0.4 is 9.47 Å². The Balaban J connectivity index is 1.37. The molecule has 0 bridgehead atoms. The maximum atomic E-state index is 13.7. The number of likely N-dealkylation sites (tertiary alicyclic amines) is 1. The Bertz CT molecular complexity index is 1000. The molecule has 3 heterocycles. The Morgan fingerprint density at radius 1 is 0.919 bits per heavy atom. The summed E-state index contributed by atoms with van der Waals surface area (Å²) < 4.78 is 17.1. The number of rotatable bonds is 6. The molecule has 0 aromatic heterocycles. The van der Waals surface area contributed by atoms with Crippen LogP contribution in [-0.4, -0.2) is 91.1 Å². The monoisotopic (exact) mass is 512 g/mol. The molecule has 1 aliphatic carbocycles. The van der Waals surface area contributed by atoms with Gasteiger partial charge in [0, 0.05) is 43.6 Å². The van der Waals surface area contributed by atoms with Crippen molar-refractivity contribution in [1.29, 1.82) is 0 Å². The van der Waals surface area contributed by atoms with Crippen LogP contribution >= 0.6 is 0 Å². The lowest BCUT2D eigenvalue weighted by molar-refractivity contribution is -0.142. The van der Waals surface area contributed by atoms with Crippen LogP contribution in [0.15, 0.2) is 23.3 Å². The zero-order valence-corrected chi connectivity index (χ0v) is 22.2. The van der Waals surface area contributed by atoms with Gasteiger partial charge in [0.25, 0.3) is 0 Å². The van der Waals surface area contributed by atoms with Gasteiger partial charge in [-0.15, -0.1) is 0 Å². The predicted octanol–water partition coefficient (Wildman–Crippen LogP) is 3.75. The molecule has 3 aliphatic heterocycles. The van der Waals surface area contributed by atoms with Crippen LogP contribution in [0.3, 0.4) is 0 Å². The number of piperidine rings is 1. The van der Waals surface area contributed by atoms with E-state index in [-0.39, 0.29) is 29.8 Å². The molecule has 3 amide bonds. The van der Waals surface area contributed by atoms with Gasteiger partial charge in [-0.1, -0.05) is 12.8 Å². The summed E-state index contributed by atoms with van der Waals surface area (Å²) in [4.78, 5) is 30.4. The fourth-order valence-corrected chi connectivity index (χ4v) is 6.16. The van der Waals surface area contributed by atoms with E-state index in [0.29, 0.717) is 52.6 Å². The van der Waals surface area contributed by atoms with Crippen molar-refractivity contribution in [2.45, 2.75) is 58.4 Å². The van der Waals surface area contributed by atoms with E-state index < -0.39 is 0 Å². The number of hydrogen-bond acceptors (Lipinski definition) is 6. The summed E-state index contributed by atoms with van der Waals surface area (Å²) in [5.74, 6) is 1.71. The molecule has 0 N–H and O–H groups in total. The van der Waals surface area contributed by atoms with Gasteiger partial charge in [-0.3, -0.25) is 4.79 Å². The molecule has 9 heteroatoms. The molecule has 1 aromatic carbocycles. The molecule has 2 saturated heterocycles. The molecule has 1 saturated carbocycles. The number of urea groups is 1. The molecule has 1 aromatic rings. The van der Waals surface area contributed by atoms with Crippen LogP contribution in [-0.2, 0) is 9.53 Å². The van der Waals surface area contributed by atoms with Gasteiger partial charge in [0.15, 0.2) is 11.5 Å². The first kappa shape index (κ1) is 25.8. The standard InChI is InChI=1S/C28H40N4O5/c1-3-36-24-10-9-20(19-25(24)37-4-2)26-22-7-5-6-8-23(22)27(33)32(29-26)21-11-13-30(14-12-21)28(34)31-15-17-35-18-16-31/h9-10,19,21-23H,3-8,11-18H2,1-2H3. The summed E-state index contributed by atoms with van der Waals surface area (Å²) in [6, 6.07) is 6.13. The number of amides is 3. The van der Waals surface area contributed by atoms with Crippen molar-refractivity contribution in [2.24, 2.45) is 16.9 Å². The molecule has 4 aliphatic rings. The van der Waals surface area contributed by atoms with Crippen molar-refractivity contribution < 1.29 is 23.8 Å². The SMILES string of the molecule is CCOc1ccc(C2=NN(C3CCN(C(=O)N4CCOCC4)CC3)C(=O)C3CCCCC23)cc1OCC. The fourth-order valence-electron chi connectivity index (χ4n) is 6.16. The fraction of sp³-hybridized carbons (Fsp3) is 0.679. The zero-order valence-electron chi connectivity index (χ0n) is 22.2. The number of carbonyl (C=O) groups excluding carboxylic acids is 2. The van der Waals surface area contributed by atoms with E-state index in [4.69, 9.17) is 19.3 Å². The topological polar surface area (TPSA) is 83.9 Å². The van der Waals surface area contributed by atoms with Gasteiger partial charge in [-0.25, -0.2) is 9.80 Å². The van der Waals surface area contributed by atoms with E-state index in [1.54, 1.807) is 5.01 Å². The summed E-state index contributed by atoms with van der Waals surface area (Å²) in [5, 5.41) is 6.82. The number of nitrogens with zero attached hydrogens (tertiary/aromatic N) is 4. The highest BCUT2D eigenvalue weighted by atomic mass is 16.5. The molecule has 2 unspecified atom stereocenters. The van der Waals surface area contributed by atoms with E-state index in [9.17, 15) is 9.59 Å². The lowest BCUT2D eigenvalue weighted by Gasteiger charge is -2.44. The average molecular weight is 513 g/mol. The molecule has 3 fully saturated rings. The average Bonchev–Trinajstić information content (AvgIpc) is 2.95. The second kappa shape index (κ2) is 11.7. The minimum absolute atomic E-state index is 0.00757. The number of fused-ring (bicyclic) bond motifs is 1. The smallest absolute Gasteiger partial charge is 0.320 e. The Morgan fingerprint density at radius 3 is 2.27 bits per heavy atom. The van der Waals surface area contributed by atoms with Crippen molar-refractivity contribution in [3.63, 3.8) is 0 Å². The van der Waals surface area contributed by atoms with Crippen molar-refractivity contribution in [3.8, 4) is 11.5 Å². The second-order valence-corrected chi connectivity index (χ2v) is 10.3. The first-order chi connectivity index (χ1) is 18.1. The Kier molecular flexibility index (Phi) is 8.17. The lowest BCUT2D eigenvalue weighted by Crippen LogP contribution is -2.55. The predicted molar refractivity (Wildman–Crippen MR) is 140 cm³/mol. The van der Waals surface area contributed by atoms with Crippen LogP contribution in [0.25, 0.3) is 0 Å². The summed E-state index contributed by atoms with van der Waals surface area (Å²) in [7, 11) is 0. The highest BCUT2D eigenvalue weighted by Crippen LogP contribution is 2.40. The minimum atomic E-state index is -0.0311. The number of benzene rings is 1. The molecule has 0 radical (unpaired) electrons. The van der Waals surface area contributed by atoms with Crippen molar-refractivity contribution in [2.75, 3.05) is 52.6 Å². The van der Waals surface area contributed by atoms with Crippen molar-refractivity contribution >= 4 is 17.6 Å². The normalized spacial score (nSPS) is 25.0. The highest BCUT2D eigenvalue weighted by molar-refractivity contribution is 6.07. The van der Waals surface area contributed by atoms with Gasteiger partial charge in [0.2, 0.25) is 5.91 Å². The lowest BCUT2D eigenvalue weighted by atomic mass is 9.73. The summed E-state index contributed by atoms with van der Waals surface area (Å²) in [6.45, 7) is 8.82. The molecule has 2 atom stereocenters. The third kappa shape index (κ3) is 5.42. The summed E-state index contributed by atoms with van der Waals surface area (Å²) in [5.41, 5.74) is 1.99. The third-order valence-corrected chi connectivity index (χ3v) is 8.08. The molecular weight excluding hydrogens is 472 g/mol. The van der Waals surface area contributed by atoms with E-state index >= 15 is 0 Å². The van der Waals surface area contributed by atoms with Gasteiger partial charge in [0.1, 0.15) is 0 Å². The van der Waals surface area contributed by atoms with E-state index in [1.807, 2.05) is 35.8 Å². The first-order valence-corrected chi connectivity index (χ1v) is 14.0. The van der Waals surface area contributed by atoms with Crippen molar-refractivity contribution in [3.05, 3.63) is 23.8 Å². The van der Waals surface area contributed by atoms with Crippen LogP contribution in [0.2, 0.25) is 0 Å². The van der Waals surface area contributed by atoms with Gasteiger partial charge >= 0.3 is 6.03 Å². The Labute approximate surface area is 219 Å². The third-order valence-electron chi connectivity index (χ3n) is 8.08. The Hall–Kier alpha value is -2.81. The van der Waals surface area contributed by atoms with E-state index in [2.05, 4.69) is 6.07 Å². The van der Waals surface area contributed by atoms with Crippen molar-refractivity contribution in [1.82, 2.24) is 14.8 Å². The maximum Gasteiger partial charge on any atom is 0.320 e. The quantitative estimate of drug-likeness (QED) is 0.580. The van der Waals surface area contributed by atoms with Gasteiger partial charge in [0.05, 0.1) is 38.2 Å². The van der Waals surface area contributed by atoms with Gasteiger partial charge in [-0.05, 0) is 57.7 Å². The van der Waals surface area contributed by atoms with Gasteiger partial charge in [-0.2, -0.15) is 5.10 Å². The number of hydrazone groups is 1. The highest BCUT2D eigenvalue weighted by Gasteiger charge is 2.44. The Morgan fingerprint density at radius 2 is 1.57 bits per heavy atom. The van der Waals surface area contributed by atoms with Crippen LogP contribution in [0.1, 0.15) is 57.9 Å². The number of morpholine rings is 1. The number of carbonyl (C=O) groups is 2. The van der Waals surface area contributed by atoms with E-state index in [1.165, 1.54) is 0 Å². The molecular formula is C28H40N4O5. The maximum absolute atomic E-state index is 13.7. The minimum Gasteiger partial charge on any atom is -0.490 e. The largest absolute Gasteiger partial charge is 0.490 e. The van der Waals surface area contributed by atoms with Crippen LogP contribution in [0.5, 0.6) is 11.5 Å². The van der Waals surface area contributed by atoms with Gasteiger partial charge < -0.3 is 24.0 Å².